The molecule has 1 saturated carbocycles. The molecule has 0 saturated heterocycles. The predicted octanol–water partition coefficient (Wildman–Crippen LogP) is 3.30. The molecule has 1 aromatic carbocycles. The Hall–Kier alpha value is -3.63. The van der Waals surface area contributed by atoms with Gasteiger partial charge in [-0.1, -0.05) is 18.2 Å². The summed E-state index contributed by atoms with van der Waals surface area (Å²) >= 11 is 0. The lowest BCUT2D eigenvalue weighted by Crippen LogP contribution is -2.52. The molecule has 0 bridgehead atoms. The summed E-state index contributed by atoms with van der Waals surface area (Å²) in [4.78, 5) is 26.1. The lowest BCUT2D eigenvalue weighted by atomic mass is 9.66. The Morgan fingerprint density at radius 1 is 1.36 bits per heavy atom. The second-order valence-corrected chi connectivity index (χ2v) is 9.03. The molecule has 4 aromatic rings. The van der Waals surface area contributed by atoms with Crippen LogP contribution in [0.5, 0.6) is 0 Å². The number of hydrogen-bond acceptors (Lipinski definition) is 6. The standard InChI is InChI=1S/C22H24F2N8O/c1-22(20(33)31(2)3)7-13(8-22)27-21-26-10-15-14(9-25-19(15)28-21)12-4-5-16-17(6-12)32(30-29-16)11-18(23)24/h4-6,9-10,13,18H,7-8,11H2,1-3H3,(H2,25,26,27,28). The van der Waals surface area contributed by atoms with Crippen LogP contribution in [0.2, 0.25) is 0 Å². The number of nitrogens with zero attached hydrogens (tertiary/aromatic N) is 6. The maximum absolute atomic E-state index is 12.8. The van der Waals surface area contributed by atoms with Crippen LogP contribution in [0.3, 0.4) is 0 Å². The first-order valence-electron chi connectivity index (χ1n) is 10.7. The molecule has 0 unspecified atom stereocenters. The molecule has 1 aliphatic carbocycles. The topological polar surface area (TPSA) is 105 Å². The van der Waals surface area contributed by atoms with Gasteiger partial charge in [-0.3, -0.25) is 4.79 Å². The molecule has 3 aromatic heterocycles. The molecular weight excluding hydrogens is 430 g/mol. The third-order valence-corrected chi connectivity index (χ3v) is 6.22. The number of halogens is 2. The van der Waals surface area contributed by atoms with Gasteiger partial charge in [0.05, 0.1) is 10.9 Å². The highest BCUT2D eigenvalue weighted by Gasteiger charge is 2.47. The van der Waals surface area contributed by atoms with Crippen LogP contribution >= 0.6 is 0 Å². The Kier molecular flexibility index (Phi) is 4.98. The highest BCUT2D eigenvalue weighted by Crippen LogP contribution is 2.43. The number of rotatable bonds is 6. The monoisotopic (exact) mass is 454 g/mol. The lowest BCUT2D eigenvalue weighted by molar-refractivity contribution is -0.143. The summed E-state index contributed by atoms with van der Waals surface area (Å²) in [5.41, 5.74) is 3.09. The van der Waals surface area contributed by atoms with E-state index in [9.17, 15) is 13.6 Å². The van der Waals surface area contributed by atoms with Gasteiger partial charge >= 0.3 is 0 Å². The second kappa shape index (κ2) is 7.75. The summed E-state index contributed by atoms with van der Waals surface area (Å²) in [5.74, 6) is 0.628. The van der Waals surface area contributed by atoms with Crippen molar-refractivity contribution in [3.63, 3.8) is 0 Å². The fourth-order valence-electron chi connectivity index (χ4n) is 4.64. The summed E-state index contributed by atoms with van der Waals surface area (Å²) in [6, 6.07) is 5.56. The molecule has 33 heavy (non-hydrogen) atoms. The number of carbonyl (C=O) groups excluding carboxylic acids is 1. The van der Waals surface area contributed by atoms with E-state index in [2.05, 4.69) is 30.6 Å². The van der Waals surface area contributed by atoms with Crippen molar-refractivity contribution in [1.82, 2.24) is 34.8 Å². The van der Waals surface area contributed by atoms with E-state index < -0.39 is 13.0 Å². The molecule has 2 N–H and O–H groups in total. The van der Waals surface area contributed by atoms with Crippen LogP contribution < -0.4 is 5.32 Å². The lowest BCUT2D eigenvalue weighted by Gasteiger charge is -2.45. The smallest absolute Gasteiger partial charge is 0.258 e. The minimum atomic E-state index is -2.51. The van der Waals surface area contributed by atoms with Crippen LogP contribution in [0.15, 0.2) is 30.6 Å². The van der Waals surface area contributed by atoms with Gasteiger partial charge in [0.15, 0.2) is 0 Å². The number of H-pyrrole nitrogens is 1. The Labute approximate surface area is 188 Å². The first-order chi connectivity index (χ1) is 15.7. The van der Waals surface area contributed by atoms with Crippen molar-refractivity contribution in [1.29, 1.82) is 0 Å². The summed E-state index contributed by atoms with van der Waals surface area (Å²) < 4.78 is 26.9. The van der Waals surface area contributed by atoms with Crippen molar-refractivity contribution in [3.8, 4) is 11.1 Å². The Morgan fingerprint density at radius 2 is 2.15 bits per heavy atom. The number of carbonyl (C=O) groups is 1. The Bertz CT molecular complexity index is 1340. The minimum absolute atomic E-state index is 0.132. The zero-order valence-electron chi connectivity index (χ0n) is 18.5. The number of benzene rings is 1. The van der Waals surface area contributed by atoms with Crippen LogP contribution in [-0.2, 0) is 11.3 Å². The average molecular weight is 454 g/mol. The zero-order chi connectivity index (χ0) is 23.3. The Balaban J connectivity index is 1.36. The molecule has 1 fully saturated rings. The van der Waals surface area contributed by atoms with E-state index in [4.69, 9.17) is 0 Å². The summed E-state index contributed by atoms with van der Waals surface area (Å²) in [7, 11) is 3.55. The van der Waals surface area contributed by atoms with Crippen LogP contribution in [0.25, 0.3) is 33.2 Å². The highest BCUT2D eigenvalue weighted by molar-refractivity contribution is 5.95. The molecular formula is C22H24F2N8O. The first-order valence-corrected chi connectivity index (χ1v) is 10.7. The van der Waals surface area contributed by atoms with Gasteiger partial charge < -0.3 is 15.2 Å². The van der Waals surface area contributed by atoms with Gasteiger partial charge in [0.1, 0.15) is 17.7 Å². The minimum Gasteiger partial charge on any atom is -0.351 e. The van der Waals surface area contributed by atoms with E-state index in [0.717, 1.165) is 29.4 Å². The average Bonchev–Trinajstić information content (AvgIpc) is 3.35. The fraction of sp³-hybridized carbons (Fsp3) is 0.409. The number of aromatic nitrogens is 6. The number of fused-ring (bicyclic) bond motifs is 2. The van der Waals surface area contributed by atoms with E-state index in [1.807, 2.05) is 19.2 Å². The van der Waals surface area contributed by atoms with Crippen molar-refractivity contribution in [2.75, 3.05) is 19.4 Å². The second-order valence-electron chi connectivity index (χ2n) is 9.03. The predicted molar refractivity (Wildman–Crippen MR) is 120 cm³/mol. The quantitative estimate of drug-likeness (QED) is 0.463. The largest absolute Gasteiger partial charge is 0.351 e. The molecule has 5 rings (SSSR count). The zero-order valence-corrected chi connectivity index (χ0v) is 18.5. The van der Waals surface area contributed by atoms with Gasteiger partial charge in [0, 0.05) is 43.5 Å². The maximum Gasteiger partial charge on any atom is 0.258 e. The summed E-state index contributed by atoms with van der Waals surface area (Å²) in [6.07, 6.45) is 2.49. The van der Waals surface area contributed by atoms with Crippen LogP contribution in [0.1, 0.15) is 19.8 Å². The van der Waals surface area contributed by atoms with E-state index in [0.29, 0.717) is 22.6 Å². The normalized spacial score (nSPS) is 20.4. The molecule has 3 heterocycles. The van der Waals surface area contributed by atoms with E-state index in [1.54, 1.807) is 37.3 Å². The van der Waals surface area contributed by atoms with Gasteiger partial charge in [0.2, 0.25) is 11.9 Å². The first kappa shape index (κ1) is 21.2. The Morgan fingerprint density at radius 3 is 2.88 bits per heavy atom. The van der Waals surface area contributed by atoms with E-state index >= 15 is 0 Å². The number of aromatic amines is 1. The third-order valence-electron chi connectivity index (χ3n) is 6.22. The molecule has 172 valence electrons. The maximum atomic E-state index is 12.8. The molecule has 0 aliphatic heterocycles. The van der Waals surface area contributed by atoms with E-state index in [1.165, 1.54) is 4.68 Å². The van der Waals surface area contributed by atoms with Crippen molar-refractivity contribution < 1.29 is 13.6 Å². The van der Waals surface area contributed by atoms with Crippen molar-refractivity contribution in [2.24, 2.45) is 5.41 Å². The molecule has 0 spiro atoms. The third kappa shape index (κ3) is 3.77. The van der Waals surface area contributed by atoms with E-state index in [-0.39, 0.29) is 17.4 Å². The molecule has 0 atom stereocenters. The van der Waals surface area contributed by atoms with Gasteiger partial charge in [-0.05, 0) is 30.5 Å². The summed E-state index contributed by atoms with van der Waals surface area (Å²) in [5, 5.41) is 11.9. The van der Waals surface area contributed by atoms with Crippen LogP contribution in [-0.4, -0.2) is 67.3 Å². The molecule has 1 amide bonds. The van der Waals surface area contributed by atoms with Gasteiger partial charge in [-0.15, -0.1) is 5.10 Å². The van der Waals surface area contributed by atoms with Crippen molar-refractivity contribution >= 4 is 33.9 Å². The van der Waals surface area contributed by atoms with Gasteiger partial charge in [-0.2, -0.15) is 4.98 Å². The number of amides is 1. The van der Waals surface area contributed by atoms with Crippen LogP contribution in [0.4, 0.5) is 14.7 Å². The number of hydrogen-bond donors (Lipinski definition) is 2. The molecule has 0 radical (unpaired) electrons. The highest BCUT2D eigenvalue weighted by atomic mass is 19.3. The fourth-order valence-corrected chi connectivity index (χ4v) is 4.64. The number of nitrogens with one attached hydrogen (secondary N) is 2. The summed E-state index contributed by atoms with van der Waals surface area (Å²) in [6.45, 7) is 1.47. The van der Waals surface area contributed by atoms with Gasteiger partial charge in [-0.25, -0.2) is 18.4 Å². The van der Waals surface area contributed by atoms with Gasteiger partial charge in [0.25, 0.3) is 6.43 Å². The SMILES string of the molecule is CN(C)C(=O)C1(C)CC(Nc2ncc3c(-c4ccc5nnn(CC(F)F)c5c4)c[nH]c3n2)C1. The van der Waals surface area contributed by atoms with Crippen molar-refractivity contribution in [3.05, 3.63) is 30.6 Å². The van der Waals surface area contributed by atoms with Crippen molar-refractivity contribution in [2.45, 2.75) is 38.8 Å². The molecule has 1 aliphatic rings. The number of alkyl halides is 2. The molecule has 11 heteroatoms. The molecule has 9 nitrogen and oxygen atoms in total. The number of anilines is 1. The van der Waals surface area contributed by atoms with Crippen LogP contribution in [0, 0.1) is 5.41 Å².